The number of ether oxygens (including phenoxy) is 1. The molecule has 0 saturated carbocycles. The van der Waals surface area contributed by atoms with Crippen LogP contribution < -0.4 is 10.6 Å². The van der Waals surface area contributed by atoms with Gasteiger partial charge in [0.15, 0.2) is 0 Å². The molecule has 1 unspecified atom stereocenters. The topological polar surface area (TPSA) is 53.6 Å². The summed E-state index contributed by atoms with van der Waals surface area (Å²) < 4.78 is 4.99. The van der Waals surface area contributed by atoms with Crippen molar-refractivity contribution in [2.75, 3.05) is 54.0 Å². The van der Waals surface area contributed by atoms with Gasteiger partial charge in [-0.25, -0.2) is 0 Å². The minimum Gasteiger partial charge on any atom is -0.385 e. The molecule has 0 aliphatic heterocycles. The highest BCUT2D eigenvalue weighted by molar-refractivity contribution is 5.78. The number of nitrogens with one attached hydrogen (secondary N) is 2. The van der Waals surface area contributed by atoms with Gasteiger partial charge in [0.25, 0.3) is 0 Å². The van der Waals surface area contributed by atoms with Crippen LogP contribution in [0.1, 0.15) is 13.3 Å². The molecule has 0 aromatic rings. The summed E-state index contributed by atoms with van der Waals surface area (Å²) in [6, 6.07) is 0. The molecular weight excluding hydrogens is 218 g/mol. The Balaban J connectivity index is 3.51. The van der Waals surface area contributed by atoms with Gasteiger partial charge < -0.3 is 20.3 Å². The summed E-state index contributed by atoms with van der Waals surface area (Å²) in [5, 5.41) is 5.93. The fourth-order valence-electron chi connectivity index (χ4n) is 1.53. The van der Waals surface area contributed by atoms with Crippen LogP contribution in [0.15, 0.2) is 0 Å². The second-order valence-corrected chi connectivity index (χ2v) is 4.40. The van der Waals surface area contributed by atoms with E-state index in [4.69, 9.17) is 4.74 Å². The Hall–Kier alpha value is -0.650. The Labute approximate surface area is 105 Å². The Morgan fingerprint density at radius 1 is 1.41 bits per heavy atom. The monoisotopic (exact) mass is 245 g/mol. The maximum atomic E-state index is 11.6. The van der Waals surface area contributed by atoms with Crippen LogP contribution in [0.4, 0.5) is 0 Å². The number of methoxy groups -OCH3 is 1. The average molecular weight is 245 g/mol. The molecule has 5 nitrogen and oxygen atoms in total. The van der Waals surface area contributed by atoms with Crippen molar-refractivity contribution in [3.63, 3.8) is 0 Å². The number of amides is 1. The molecule has 0 spiro atoms. The molecule has 0 radical (unpaired) electrons. The zero-order chi connectivity index (χ0) is 13.1. The molecule has 2 N–H and O–H groups in total. The van der Waals surface area contributed by atoms with Crippen molar-refractivity contribution in [3.8, 4) is 0 Å². The highest BCUT2D eigenvalue weighted by Crippen LogP contribution is 1.92. The quantitative estimate of drug-likeness (QED) is 0.529. The summed E-state index contributed by atoms with van der Waals surface area (Å²) >= 11 is 0. The molecule has 1 amide bonds. The van der Waals surface area contributed by atoms with Gasteiger partial charge in [-0.2, -0.15) is 0 Å². The van der Waals surface area contributed by atoms with E-state index in [1.165, 1.54) is 0 Å². The van der Waals surface area contributed by atoms with E-state index in [0.717, 1.165) is 32.7 Å². The van der Waals surface area contributed by atoms with E-state index in [9.17, 15) is 4.79 Å². The van der Waals surface area contributed by atoms with Crippen molar-refractivity contribution < 1.29 is 9.53 Å². The maximum Gasteiger partial charge on any atom is 0.224 e. The zero-order valence-electron chi connectivity index (χ0n) is 11.6. The molecule has 0 aliphatic carbocycles. The average Bonchev–Trinajstić information content (AvgIpc) is 2.29. The summed E-state index contributed by atoms with van der Waals surface area (Å²) in [5.74, 6) is 0.142. The number of hydrogen-bond donors (Lipinski definition) is 2. The number of likely N-dealkylation sites (N-methyl/N-ethyl adjacent to an activating group) is 1. The van der Waals surface area contributed by atoms with Gasteiger partial charge in [0, 0.05) is 45.8 Å². The van der Waals surface area contributed by atoms with Crippen molar-refractivity contribution >= 4 is 5.91 Å². The first-order valence-corrected chi connectivity index (χ1v) is 6.21. The molecule has 102 valence electrons. The maximum absolute atomic E-state index is 11.6. The molecule has 0 saturated heterocycles. The van der Waals surface area contributed by atoms with Crippen molar-refractivity contribution in [2.45, 2.75) is 13.3 Å². The molecule has 1 atom stereocenters. The standard InChI is InChI=1S/C12H27N3O2/c1-11(10-13-2)12(16)14-6-8-15(3)7-5-9-17-4/h11,13H,5-10H2,1-4H3,(H,14,16). The molecule has 0 fully saturated rings. The van der Waals surface area contributed by atoms with Crippen LogP contribution in [0, 0.1) is 5.92 Å². The predicted octanol–water partition coefficient (Wildman–Crippen LogP) is -0.0736. The lowest BCUT2D eigenvalue weighted by molar-refractivity contribution is -0.124. The minimum absolute atomic E-state index is 0.0267. The third-order valence-electron chi connectivity index (χ3n) is 2.64. The molecule has 17 heavy (non-hydrogen) atoms. The van der Waals surface area contributed by atoms with E-state index in [2.05, 4.69) is 22.6 Å². The van der Waals surface area contributed by atoms with Crippen molar-refractivity contribution in [2.24, 2.45) is 5.92 Å². The normalized spacial score (nSPS) is 12.8. The SMILES string of the molecule is CNCC(C)C(=O)NCCN(C)CCCOC. The third-order valence-corrected chi connectivity index (χ3v) is 2.64. The summed E-state index contributed by atoms with van der Waals surface area (Å²) in [4.78, 5) is 13.8. The third kappa shape index (κ3) is 9.09. The van der Waals surface area contributed by atoms with E-state index < -0.39 is 0 Å². The number of nitrogens with zero attached hydrogens (tertiary/aromatic N) is 1. The van der Waals surface area contributed by atoms with Crippen LogP contribution in [-0.2, 0) is 9.53 Å². The lowest BCUT2D eigenvalue weighted by Crippen LogP contribution is -2.38. The summed E-state index contributed by atoms with van der Waals surface area (Å²) in [7, 11) is 5.62. The van der Waals surface area contributed by atoms with Crippen LogP contribution in [-0.4, -0.2) is 64.8 Å². The Kier molecular flexibility index (Phi) is 10.1. The lowest BCUT2D eigenvalue weighted by atomic mass is 10.1. The molecule has 0 heterocycles. The number of rotatable bonds is 10. The molecule has 0 bridgehead atoms. The van der Waals surface area contributed by atoms with Crippen LogP contribution in [0.3, 0.4) is 0 Å². The Bertz CT molecular complexity index is 200. The van der Waals surface area contributed by atoms with Crippen LogP contribution >= 0.6 is 0 Å². The molecular formula is C12H27N3O2. The number of carbonyl (C=O) groups excluding carboxylic acids is 1. The van der Waals surface area contributed by atoms with Gasteiger partial charge in [-0.3, -0.25) is 4.79 Å². The molecule has 0 rings (SSSR count). The van der Waals surface area contributed by atoms with E-state index in [1.807, 2.05) is 14.0 Å². The fraction of sp³-hybridized carbons (Fsp3) is 0.917. The summed E-state index contributed by atoms with van der Waals surface area (Å²) in [5.41, 5.74) is 0. The second-order valence-electron chi connectivity index (χ2n) is 4.40. The minimum atomic E-state index is 0.0267. The van der Waals surface area contributed by atoms with Gasteiger partial charge in [0.2, 0.25) is 5.91 Å². The van der Waals surface area contributed by atoms with Gasteiger partial charge in [0.05, 0.1) is 0 Å². The van der Waals surface area contributed by atoms with Crippen LogP contribution in [0.5, 0.6) is 0 Å². The van der Waals surface area contributed by atoms with E-state index >= 15 is 0 Å². The van der Waals surface area contributed by atoms with E-state index in [-0.39, 0.29) is 11.8 Å². The van der Waals surface area contributed by atoms with E-state index in [1.54, 1.807) is 7.11 Å². The van der Waals surface area contributed by atoms with Gasteiger partial charge in [-0.15, -0.1) is 0 Å². The molecule has 0 aliphatic rings. The van der Waals surface area contributed by atoms with Gasteiger partial charge in [-0.05, 0) is 20.5 Å². The van der Waals surface area contributed by atoms with Gasteiger partial charge in [-0.1, -0.05) is 6.92 Å². The first kappa shape index (κ1) is 16.4. The predicted molar refractivity (Wildman–Crippen MR) is 70.1 cm³/mol. The largest absolute Gasteiger partial charge is 0.385 e. The Morgan fingerprint density at radius 2 is 2.12 bits per heavy atom. The van der Waals surface area contributed by atoms with Crippen LogP contribution in [0.2, 0.25) is 0 Å². The van der Waals surface area contributed by atoms with Crippen molar-refractivity contribution in [3.05, 3.63) is 0 Å². The first-order valence-electron chi connectivity index (χ1n) is 6.21. The zero-order valence-corrected chi connectivity index (χ0v) is 11.6. The first-order chi connectivity index (χ1) is 8.11. The fourth-order valence-corrected chi connectivity index (χ4v) is 1.53. The highest BCUT2D eigenvalue weighted by atomic mass is 16.5. The summed E-state index contributed by atoms with van der Waals surface area (Å²) in [6.45, 7) is 6.01. The highest BCUT2D eigenvalue weighted by Gasteiger charge is 2.10. The van der Waals surface area contributed by atoms with Gasteiger partial charge >= 0.3 is 0 Å². The summed E-state index contributed by atoms with van der Waals surface area (Å²) in [6.07, 6.45) is 1.02. The van der Waals surface area contributed by atoms with Crippen molar-refractivity contribution in [1.29, 1.82) is 0 Å². The van der Waals surface area contributed by atoms with Gasteiger partial charge in [0.1, 0.15) is 0 Å². The number of carbonyl (C=O) groups is 1. The Morgan fingerprint density at radius 3 is 2.71 bits per heavy atom. The van der Waals surface area contributed by atoms with Crippen LogP contribution in [0.25, 0.3) is 0 Å². The van der Waals surface area contributed by atoms with Crippen molar-refractivity contribution in [1.82, 2.24) is 15.5 Å². The lowest BCUT2D eigenvalue weighted by Gasteiger charge is -2.17. The molecule has 5 heteroatoms. The molecule has 0 aromatic heterocycles. The van der Waals surface area contributed by atoms with E-state index in [0.29, 0.717) is 6.54 Å². The number of hydrogen-bond acceptors (Lipinski definition) is 4. The second kappa shape index (κ2) is 10.5. The molecule has 0 aromatic carbocycles. The smallest absolute Gasteiger partial charge is 0.224 e.